The van der Waals surface area contributed by atoms with Crippen LogP contribution in [-0.4, -0.2) is 43.5 Å². The molecule has 198 valence electrons. The van der Waals surface area contributed by atoms with E-state index in [1.165, 1.54) is 20.3 Å². The van der Waals surface area contributed by atoms with Crippen LogP contribution in [0.4, 0.5) is 0 Å². The van der Waals surface area contributed by atoms with Crippen LogP contribution in [0.2, 0.25) is 5.02 Å². The van der Waals surface area contributed by atoms with E-state index in [9.17, 15) is 14.4 Å². The normalized spacial score (nSPS) is 24.1. The Morgan fingerprint density at radius 3 is 2.39 bits per heavy atom. The van der Waals surface area contributed by atoms with Crippen molar-refractivity contribution >= 4 is 29.1 Å². The highest BCUT2D eigenvalue weighted by atomic mass is 35.5. The first-order valence-electron chi connectivity index (χ1n) is 12.6. The predicted octanol–water partition coefficient (Wildman–Crippen LogP) is 5.64. The average molecular weight is 537 g/mol. The summed E-state index contributed by atoms with van der Waals surface area (Å²) in [6.07, 6.45) is 2.16. The molecule has 0 fully saturated rings. The largest absolute Gasteiger partial charge is 0.496 e. The lowest BCUT2D eigenvalue weighted by molar-refractivity contribution is -0.143. The molecule has 5 rings (SSSR count). The molecule has 2 aromatic carbocycles. The maximum atomic E-state index is 14.5. The van der Waals surface area contributed by atoms with Gasteiger partial charge < -0.3 is 18.9 Å². The van der Waals surface area contributed by atoms with Gasteiger partial charge in [0.2, 0.25) is 17.2 Å². The van der Waals surface area contributed by atoms with Gasteiger partial charge in [-0.2, -0.15) is 0 Å². The van der Waals surface area contributed by atoms with Crippen LogP contribution in [0, 0.1) is 5.92 Å². The molecule has 1 aliphatic heterocycles. The number of carbonyl (C=O) groups is 3. The summed E-state index contributed by atoms with van der Waals surface area (Å²) in [5, 5.41) is 0.107. The van der Waals surface area contributed by atoms with E-state index in [0.29, 0.717) is 17.6 Å². The number of ketones is 2. The number of methoxy groups -OCH3 is 2. The van der Waals surface area contributed by atoms with Crippen LogP contribution < -0.4 is 14.2 Å². The number of ether oxygens (including phenoxy) is 4. The van der Waals surface area contributed by atoms with Gasteiger partial charge >= 0.3 is 5.97 Å². The number of fused-ring (bicyclic) bond motifs is 1. The molecule has 0 amide bonds. The third-order valence-electron chi connectivity index (χ3n) is 7.47. The molecular weight excluding hydrogens is 508 g/mol. The Balaban J connectivity index is 1.64. The van der Waals surface area contributed by atoms with E-state index in [1.54, 1.807) is 19.9 Å². The van der Waals surface area contributed by atoms with E-state index in [4.69, 9.17) is 30.5 Å². The second-order valence-electron chi connectivity index (χ2n) is 10.1. The highest BCUT2D eigenvalue weighted by Gasteiger charge is 2.63. The SMILES string of the molecule is COc1cc(OC)c2c(c1Cl)O[C@@]1(C(=O)C3=C(CC(C(=O)OC(C)C)=CC3c3ccccc3)C[C@H]1C)C2=O. The summed E-state index contributed by atoms with van der Waals surface area (Å²) < 4.78 is 22.6. The van der Waals surface area contributed by atoms with Crippen molar-refractivity contribution in [3.8, 4) is 17.2 Å². The van der Waals surface area contributed by atoms with Crippen molar-refractivity contribution in [3.63, 3.8) is 0 Å². The fourth-order valence-corrected chi connectivity index (χ4v) is 6.00. The topological polar surface area (TPSA) is 88.1 Å². The van der Waals surface area contributed by atoms with E-state index in [1.807, 2.05) is 37.3 Å². The Labute approximate surface area is 226 Å². The fourth-order valence-electron chi connectivity index (χ4n) is 5.74. The molecule has 0 radical (unpaired) electrons. The Morgan fingerprint density at radius 2 is 1.76 bits per heavy atom. The monoisotopic (exact) mass is 536 g/mol. The van der Waals surface area contributed by atoms with Crippen molar-refractivity contribution < 1.29 is 33.3 Å². The first-order valence-corrected chi connectivity index (χ1v) is 12.9. The minimum atomic E-state index is -1.80. The Kier molecular flexibility index (Phi) is 6.59. The molecule has 0 saturated heterocycles. The first-order chi connectivity index (χ1) is 18.1. The molecule has 1 spiro atoms. The van der Waals surface area contributed by atoms with Gasteiger partial charge in [-0.15, -0.1) is 0 Å². The number of carbonyl (C=O) groups excluding carboxylic acids is 3. The summed E-state index contributed by atoms with van der Waals surface area (Å²) in [6.45, 7) is 5.41. The fraction of sp³-hybridized carbons (Fsp3) is 0.367. The van der Waals surface area contributed by atoms with Gasteiger partial charge in [-0.1, -0.05) is 60.5 Å². The van der Waals surface area contributed by atoms with Crippen LogP contribution in [0.1, 0.15) is 55.5 Å². The van der Waals surface area contributed by atoms with E-state index in [-0.39, 0.29) is 40.4 Å². The lowest BCUT2D eigenvalue weighted by Gasteiger charge is -2.41. The highest BCUT2D eigenvalue weighted by Crippen LogP contribution is 2.56. The quantitative estimate of drug-likeness (QED) is 0.361. The third kappa shape index (κ3) is 3.83. The van der Waals surface area contributed by atoms with Gasteiger partial charge in [0, 0.05) is 35.5 Å². The molecule has 3 atom stereocenters. The molecule has 2 aromatic rings. The molecular formula is C30H29ClO7. The molecule has 3 aliphatic rings. The zero-order valence-corrected chi connectivity index (χ0v) is 22.7. The van der Waals surface area contributed by atoms with Gasteiger partial charge in [-0.3, -0.25) is 9.59 Å². The van der Waals surface area contributed by atoms with Crippen molar-refractivity contribution in [1.29, 1.82) is 0 Å². The molecule has 0 aromatic heterocycles. The summed E-state index contributed by atoms with van der Waals surface area (Å²) in [4.78, 5) is 41.5. The van der Waals surface area contributed by atoms with Crippen LogP contribution in [0.25, 0.3) is 0 Å². The third-order valence-corrected chi connectivity index (χ3v) is 7.83. The number of esters is 1. The maximum absolute atomic E-state index is 14.5. The Bertz CT molecular complexity index is 1410. The second kappa shape index (κ2) is 9.62. The molecule has 1 heterocycles. The van der Waals surface area contributed by atoms with Gasteiger partial charge in [0.1, 0.15) is 22.1 Å². The summed E-state index contributed by atoms with van der Waals surface area (Å²) >= 11 is 6.56. The van der Waals surface area contributed by atoms with Crippen LogP contribution in [0.15, 0.2) is 59.2 Å². The number of halogens is 1. The zero-order chi connectivity index (χ0) is 27.4. The van der Waals surface area contributed by atoms with Gasteiger partial charge in [-0.05, 0) is 25.8 Å². The number of Topliss-reactive ketones (excluding diaryl/α,β-unsaturated/α-hetero) is 2. The lowest BCUT2D eigenvalue weighted by atomic mass is 9.63. The van der Waals surface area contributed by atoms with Crippen LogP contribution >= 0.6 is 11.6 Å². The second-order valence-corrected chi connectivity index (χ2v) is 10.5. The summed E-state index contributed by atoms with van der Waals surface area (Å²) in [5.74, 6) is -1.80. The average Bonchev–Trinajstić information content (AvgIpc) is 3.22. The van der Waals surface area contributed by atoms with Crippen molar-refractivity contribution in [2.75, 3.05) is 14.2 Å². The molecule has 2 aliphatic carbocycles. The van der Waals surface area contributed by atoms with E-state index < -0.39 is 35.0 Å². The van der Waals surface area contributed by atoms with Gasteiger partial charge in [0.25, 0.3) is 0 Å². The number of hydrogen-bond donors (Lipinski definition) is 0. The van der Waals surface area contributed by atoms with E-state index >= 15 is 0 Å². The lowest BCUT2D eigenvalue weighted by Crippen LogP contribution is -2.57. The zero-order valence-electron chi connectivity index (χ0n) is 21.9. The highest BCUT2D eigenvalue weighted by molar-refractivity contribution is 6.36. The molecule has 0 N–H and O–H groups in total. The minimum absolute atomic E-state index is 0.0842. The number of rotatable bonds is 5. The number of allylic oxidation sites excluding steroid dienone is 2. The first kappa shape index (κ1) is 26.0. The number of benzene rings is 2. The molecule has 1 unspecified atom stereocenters. The van der Waals surface area contributed by atoms with Crippen LogP contribution in [0.5, 0.6) is 17.2 Å². The van der Waals surface area contributed by atoms with Crippen molar-refractivity contribution in [2.24, 2.45) is 5.92 Å². The van der Waals surface area contributed by atoms with Gasteiger partial charge in [-0.25, -0.2) is 4.79 Å². The van der Waals surface area contributed by atoms with Crippen LogP contribution in [-0.2, 0) is 14.3 Å². The smallest absolute Gasteiger partial charge is 0.334 e. The van der Waals surface area contributed by atoms with E-state index in [0.717, 1.165) is 11.1 Å². The summed E-state index contributed by atoms with van der Waals surface area (Å²) in [5.41, 5.74) is 0.931. The van der Waals surface area contributed by atoms with Crippen molar-refractivity contribution in [3.05, 3.63) is 75.3 Å². The van der Waals surface area contributed by atoms with Crippen LogP contribution in [0.3, 0.4) is 0 Å². The Hall–Kier alpha value is -3.58. The summed E-state index contributed by atoms with van der Waals surface area (Å²) in [6, 6.07) is 11.0. The maximum Gasteiger partial charge on any atom is 0.334 e. The minimum Gasteiger partial charge on any atom is -0.496 e. The van der Waals surface area contributed by atoms with Crippen molar-refractivity contribution in [1.82, 2.24) is 0 Å². The molecule has 7 nitrogen and oxygen atoms in total. The Morgan fingerprint density at radius 1 is 1.08 bits per heavy atom. The summed E-state index contributed by atoms with van der Waals surface area (Å²) in [7, 11) is 2.88. The molecule has 38 heavy (non-hydrogen) atoms. The molecule has 0 saturated carbocycles. The standard InChI is InChI=1S/C30H29ClO7/c1-15(2)37-29(34)19-12-18-11-16(3)30(27(32)23(18)20(13-19)17-9-7-6-8-10-17)28(33)24-21(35-4)14-22(36-5)25(31)26(24)38-30/h6-10,13-16,20H,11-12H2,1-5H3/t16-,20?,30+/m1/s1. The van der Waals surface area contributed by atoms with Crippen molar-refractivity contribution in [2.45, 2.75) is 51.2 Å². The van der Waals surface area contributed by atoms with Gasteiger partial charge in [0.05, 0.1) is 20.3 Å². The predicted molar refractivity (Wildman–Crippen MR) is 141 cm³/mol. The number of hydrogen-bond acceptors (Lipinski definition) is 7. The molecule has 8 heteroatoms. The molecule has 0 bridgehead atoms. The van der Waals surface area contributed by atoms with E-state index in [2.05, 4.69) is 0 Å². The van der Waals surface area contributed by atoms with Gasteiger partial charge in [0.15, 0.2) is 5.75 Å².